The molecular formula is C22H26FN7O3. The summed E-state index contributed by atoms with van der Waals surface area (Å²) in [7, 11) is 0. The van der Waals surface area contributed by atoms with Gasteiger partial charge in [-0.25, -0.2) is 19.0 Å². The SMILES string of the molecule is CCCCCC(=O)N1CCN(C(=O)C(=O)c2c[nH]c3c(-n4cnc(C)n4)ncc(F)c23)CC1. The Kier molecular flexibility index (Phi) is 6.47. The molecular weight excluding hydrogens is 429 g/mol. The van der Waals surface area contributed by atoms with Crippen LogP contribution in [0.1, 0.15) is 48.8 Å². The first-order chi connectivity index (χ1) is 15.9. The zero-order chi connectivity index (χ0) is 23.5. The normalized spacial score (nSPS) is 14.2. The number of ketones is 1. The molecule has 0 spiro atoms. The summed E-state index contributed by atoms with van der Waals surface area (Å²) < 4.78 is 16.0. The van der Waals surface area contributed by atoms with Crippen molar-refractivity contribution in [2.45, 2.75) is 39.5 Å². The molecule has 11 heteroatoms. The van der Waals surface area contributed by atoms with Crippen LogP contribution in [0.15, 0.2) is 18.7 Å². The standard InChI is InChI=1S/C22H26FN7O3/c1-3-4-5-6-17(31)28-7-9-29(10-8-28)22(33)20(32)15-11-24-19-18(15)16(23)12-25-21(19)30-13-26-14(2)27-30/h11-13,24H,3-10H2,1-2H3. The molecule has 4 heterocycles. The Morgan fingerprint density at radius 2 is 1.82 bits per heavy atom. The van der Waals surface area contributed by atoms with Crippen molar-refractivity contribution in [1.29, 1.82) is 0 Å². The van der Waals surface area contributed by atoms with Gasteiger partial charge in [0.15, 0.2) is 11.6 Å². The van der Waals surface area contributed by atoms with Crippen molar-refractivity contribution in [2.75, 3.05) is 26.2 Å². The fraction of sp³-hybridized carbons (Fsp3) is 0.455. The maximum Gasteiger partial charge on any atom is 0.295 e. The quantitative estimate of drug-likeness (QED) is 0.331. The van der Waals surface area contributed by atoms with E-state index in [4.69, 9.17) is 0 Å². The first kappa shape index (κ1) is 22.6. The van der Waals surface area contributed by atoms with Gasteiger partial charge in [-0.15, -0.1) is 0 Å². The highest BCUT2D eigenvalue weighted by atomic mass is 19.1. The summed E-state index contributed by atoms with van der Waals surface area (Å²) in [5, 5.41) is 4.16. The van der Waals surface area contributed by atoms with Gasteiger partial charge >= 0.3 is 0 Å². The summed E-state index contributed by atoms with van der Waals surface area (Å²) in [5.41, 5.74) is 0.185. The highest BCUT2D eigenvalue weighted by molar-refractivity contribution is 6.45. The Balaban J connectivity index is 1.49. The average Bonchev–Trinajstić information content (AvgIpc) is 3.46. The van der Waals surface area contributed by atoms with Gasteiger partial charge in [-0.2, -0.15) is 5.10 Å². The molecule has 1 aliphatic heterocycles. The van der Waals surface area contributed by atoms with Crippen LogP contribution in [0, 0.1) is 12.7 Å². The summed E-state index contributed by atoms with van der Waals surface area (Å²) in [5.74, 6) is -1.39. The van der Waals surface area contributed by atoms with Gasteiger partial charge in [0, 0.05) is 38.8 Å². The van der Waals surface area contributed by atoms with Crippen molar-refractivity contribution in [3.8, 4) is 5.82 Å². The van der Waals surface area contributed by atoms with Gasteiger partial charge in [-0.3, -0.25) is 14.4 Å². The summed E-state index contributed by atoms with van der Waals surface area (Å²) in [4.78, 5) is 52.3. The number of fused-ring (bicyclic) bond motifs is 1. The smallest absolute Gasteiger partial charge is 0.295 e. The number of unbranched alkanes of at least 4 members (excludes halogenated alkanes) is 2. The minimum atomic E-state index is -0.810. The van der Waals surface area contributed by atoms with Crippen LogP contribution in [0.4, 0.5) is 4.39 Å². The Morgan fingerprint density at radius 3 is 2.48 bits per heavy atom. The third-order valence-electron chi connectivity index (χ3n) is 5.82. The molecule has 0 radical (unpaired) electrons. The van der Waals surface area contributed by atoms with Crippen molar-refractivity contribution in [3.63, 3.8) is 0 Å². The second-order valence-corrected chi connectivity index (χ2v) is 8.08. The lowest BCUT2D eigenvalue weighted by atomic mass is 10.1. The lowest BCUT2D eigenvalue weighted by Gasteiger charge is -2.34. The molecule has 0 aliphatic carbocycles. The molecule has 1 N–H and O–H groups in total. The zero-order valence-electron chi connectivity index (χ0n) is 18.7. The van der Waals surface area contributed by atoms with Crippen molar-refractivity contribution in [2.24, 2.45) is 0 Å². The number of pyridine rings is 1. The molecule has 0 atom stereocenters. The molecule has 3 aromatic rings. The number of carbonyl (C=O) groups is 3. The van der Waals surface area contributed by atoms with E-state index in [1.54, 1.807) is 11.8 Å². The van der Waals surface area contributed by atoms with Gasteiger partial charge in [-0.05, 0) is 13.3 Å². The number of piperazine rings is 1. The number of rotatable bonds is 7. The van der Waals surface area contributed by atoms with Crippen LogP contribution in [0.3, 0.4) is 0 Å². The summed E-state index contributed by atoms with van der Waals surface area (Å²) in [6.45, 7) is 5.08. The maximum absolute atomic E-state index is 14.7. The van der Waals surface area contributed by atoms with Gasteiger partial charge in [0.25, 0.3) is 11.7 Å². The second-order valence-electron chi connectivity index (χ2n) is 8.08. The third kappa shape index (κ3) is 4.48. The van der Waals surface area contributed by atoms with Gasteiger partial charge in [0.1, 0.15) is 12.2 Å². The lowest BCUT2D eigenvalue weighted by Crippen LogP contribution is -2.52. The lowest BCUT2D eigenvalue weighted by molar-refractivity contribution is -0.137. The average molecular weight is 455 g/mol. The number of aromatic amines is 1. The molecule has 1 fully saturated rings. The molecule has 0 unspecified atom stereocenters. The predicted octanol–water partition coefficient (Wildman–Crippen LogP) is 2.02. The monoisotopic (exact) mass is 455 g/mol. The Bertz CT molecular complexity index is 1190. The number of hydrogen-bond acceptors (Lipinski definition) is 6. The molecule has 174 valence electrons. The molecule has 0 bridgehead atoms. The van der Waals surface area contributed by atoms with Crippen LogP contribution in [0.25, 0.3) is 16.7 Å². The summed E-state index contributed by atoms with van der Waals surface area (Å²) in [6, 6.07) is 0. The van der Waals surface area contributed by atoms with Crippen molar-refractivity contribution >= 4 is 28.5 Å². The van der Waals surface area contributed by atoms with Crippen LogP contribution >= 0.6 is 0 Å². The largest absolute Gasteiger partial charge is 0.357 e. The number of nitrogens with one attached hydrogen (secondary N) is 1. The van der Waals surface area contributed by atoms with Crippen molar-refractivity contribution < 1.29 is 18.8 Å². The Morgan fingerprint density at radius 1 is 1.09 bits per heavy atom. The van der Waals surface area contributed by atoms with E-state index in [-0.39, 0.29) is 41.3 Å². The number of amides is 2. The van der Waals surface area contributed by atoms with E-state index in [1.165, 1.54) is 22.1 Å². The minimum Gasteiger partial charge on any atom is -0.357 e. The minimum absolute atomic E-state index is 0.0174. The van der Waals surface area contributed by atoms with E-state index in [0.29, 0.717) is 25.3 Å². The van der Waals surface area contributed by atoms with E-state index in [9.17, 15) is 18.8 Å². The number of H-pyrrole nitrogens is 1. The van der Waals surface area contributed by atoms with E-state index in [2.05, 4.69) is 27.0 Å². The first-order valence-electron chi connectivity index (χ1n) is 11.1. The Labute approximate surface area is 189 Å². The van der Waals surface area contributed by atoms with Crippen molar-refractivity contribution in [3.05, 3.63) is 35.9 Å². The van der Waals surface area contributed by atoms with Crippen LogP contribution < -0.4 is 0 Å². The van der Waals surface area contributed by atoms with Crippen LogP contribution in [-0.4, -0.2) is 78.3 Å². The molecule has 10 nitrogen and oxygen atoms in total. The van der Waals surface area contributed by atoms with Crippen LogP contribution in [0.5, 0.6) is 0 Å². The van der Waals surface area contributed by atoms with E-state index in [1.807, 2.05) is 0 Å². The second kappa shape index (κ2) is 9.47. The number of aromatic nitrogens is 5. The first-order valence-corrected chi connectivity index (χ1v) is 11.1. The molecule has 2 amide bonds. The third-order valence-corrected chi connectivity index (χ3v) is 5.82. The molecule has 1 saturated heterocycles. The number of nitrogens with zero attached hydrogens (tertiary/aromatic N) is 6. The van der Waals surface area contributed by atoms with Crippen LogP contribution in [-0.2, 0) is 9.59 Å². The van der Waals surface area contributed by atoms with Gasteiger partial charge in [0.2, 0.25) is 5.91 Å². The highest BCUT2D eigenvalue weighted by Gasteiger charge is 2.31. The molecule has 1 aliphatic rings. The number of halogens is 1. The topological polar surface area (TPSA) is 117 Å². The molecule has 4 rings (SSSR count). The fourth-order valence-corrected chi connectivity index (χ4v) is 4.00. The van der Waals surface area contributed by atoms with E-state index < -0.39 is 17.5 Å². The summed E-state index contributed by atoms with van der Waals surface area (Å²) >= 11 is 0. The molecule has 3 aromatic heterocycles. The number of carbonyl (C=O) groups excluding carboxylic acids is 3. The summed E-state index contributed by atoms with van der Waals surface area (Å²) in [6.07, 6.45) is 7.14. The highest BCUT2D eigenvalue weighted by Crippen LogP contribution is 2.26. The van der Waals surface area contributed by atoms with Gasteiger partial charge in [0.05, 0.1) is 22.7 Å². The van der Waals surface area contributed by atoms with E-state index in [0.717, 1.165) is 25.5 Å². The number of hydrogen-bond donors (Lipinski definition) is 1. The van der Waals surface area contributed by atoms with Crippen LogP contribution in [0.2, 0.25) is 0 Å². The Hall–Kier alpha value is -3.63. The fourth-order valence-electron chi connectivity index (χ4n) is 4.00. The van der Waals surface area contributed by atoms with Crippen molar-refractivity contribution in [1.82, 2.24) is 34.5 Å². The molecule has 0 saturated carbocycles. The molecule has 0 aromatic carbocycles. The van der Waals surface area contributed by atoms with Gasteiger partial charge < -0.3 is 14.8 Å². The maximum atomic E-state index is 14.7. The number of Topliss-reactive ketones (excluding diaryl/α,β-unsaturated/α-hetero) is 1. The predicted molar refractivity (Wildman–Crippen MR) is 117 cm³/mol. The molecule has 33 heavy (non-hydrogen) atoms. The number of aryl methyl sites for hydroxylation is 1. The zero-order valence-corrected chi connectivity index (χ0v) is 18.7. The van der Waals surface area contributed by atoms with E-state index >= 15 is 0 Å². The van der Waals surface area contributed by atoms with Gasteiger partial charge in [-0.1, -0.05) is 19.8 Å².